The second-order valence-electron chi connectivity index (χ2n) is 5.31. The van der Waals surface area contributed by atoms with E-state index in [1.807, 2.05) is 20.1 Å². The van der Waals surface area contributed by atoms with Gasteiger partial charge in [-0.15, -0.1) is 0 Å². The van der Waals surface area contributed by atoms with Crippen molar-refractivity contribution in [3.05, 3.63) is 22.7 Å². The predicted octanol–water partition coefficient (Wildman–Crippen LogP) is 3.43. The van der Waals surface area contributed by atoms with Crippen molar-refractivity contribution in [1.82, 2.24) is 5.32 Å². The van der Waals surface area contributed by atoms with E-state index in [0.717, 1.165) is 11.3 Å². The van der Waals surface area contributed by atoms with Gasteiger partial charge in [-0.1, -0.05) is 11.6 Å². The quantitative estimate of drug-likeness (QED) is 0.665. The lowest BCUT2D eigenvalue weighted by Gasteiger charge is -2.18. The highest BCUT2D eigenvalue weighted by molar-refractivity contribution is 7.98. The summed E-state index contributed by atoms with van der Waals surface area (Å²) < 4.78 is 11.0. The minimum atomic E-state index is -0.859. The Hall–Kier alpha value is -1.11. The number of carboxylic acid groups (broad SMARTS) is 1. The zero-order valence-corrected chi connectivity index (χ0v) is 15.5. The van der Waals surface area contributed by atoms with E-state index in [9.17, 15) is 9.90 Å². The highest BCUT2D eigenvalue weighted by atomic mass is 35.5. The van der Waals surface area contributed by atoms with Crippen LogP contribution in [0.5, 0.6) is 11.5 Å². The molecule has 1 unspecified atom stereocenters. The van der Waals surface area contributed by atoms with E-state index in [1.54, 1.807) is 31.0 Å². The lowest BCUT2D eigenvalue weighted by molar-refractivity contribution is -0.139. The molecule has 0 saturated carbocycles. The number of hydrogen-bond donors (Lipinski definition) is 2. The molecule has 1 aromatic rings. The van der Waals surface area contributed by atoms with Gasteiger partial charge in [0.15, 0.2) is 11.5 Å². The van der Waals surface area contributed by atoms with Crippen molar-refractivity contribution in [2.45, 2.75) is 39.0 Å². The number of benzene rings is 1. The molecule has 0 saturated heterocycles. The van der Waals surface area contributed by atoms with Crippen molar-refractivity contribution in [2.75, 3.05) is 19.1 Å². The summed E-state index contributed by atoms with van der Waals surface area (Å²) in [5.74, 6) is 1.08. The number of rotatable bonds is 10. The monoisotopic (exact) mass is 361 g/mol. The number of methoxy groups -OCH3 is 1. The number of nitrogens with one attached hydrogen (secondary N) is 1. The van der Waals surface area contributed by atoms with Gasteiger partial charge in [-0.2, -0.15) is 11.8 Å². The summed E-state index contributed by atoms with van der Waals surface area (Å²) >= 11 is 7.90. The Kier molecular flexibility index (Phi) is 8.58. The number of halogens is 1. The van der Waals surface area contributed by atoms with E-state index in [-0.39, 0.29) is 6.10 Å². The van der Waals surface area contributed by atoms with E-state index in [2.05, 4.69) is 5.32 Å². The summed E-state index contributed by atoms with van der Waals surface area (Å²) in [4.78, 5) is 11.3. The Labute approximate surface area is 146 Å². The van der Waals surface area contributed by atoms with Crippen LogP contribution < -0.4 is 14.8 Å². The molecule has 130 valence electrons. The average Bonchev–Trinajstić information content (AvgIpc) is 2.48. The van der Waals surface area contributed by atoms with Gasteiger partial charge in [-0.3, -0.25) is 4.79 Å². The van der Waals surface area contributed by atoms with Gasteiger partial charge in [-0.05, 0) is 43.9 Å². The summed E-state index contributed by atoms with van der Waals surface area (Å²) in [6.45, 7) is 4.19. The van der Waals surface area contributed by atoms with Crippen LogP contribution in [0, 0.1) is 0 Å². The Morgan fingerprint density at radius 1 is 1.39 bits per heavy atom. The number of ether oxygens (including phenoxy) is 2. The normalized spacial score (nSPS) is 12.3. The molecule has 0 amide bonds. The van der Waals surface area contributed by atoms with Crippen molar-refractivity contribution >= 4 is 29.3 Å². The molecule has 1 atom stereocenters. The zero-order chi connectivity index (χ0) is 17.4. The standard InChI is InChI=1S/C16H24ClNO4S/c1-10(2)22-15-8-12(17)11(7-14(15)21-3)9-18-13(16(19)20)5-6-23-4/h7-8,10,13,18H,5-6,9H2,1-4H3,(H,19,20). The van der Waals surface area contributed by atoms with E-state index >= 15 is 0 Å². The first-order valence-electron chi connectivity index (χ1n) is 7.37. The van der Waals surface area contributed by atoms with Crippen molar-refractivity contribution < 1.29 is 19.4 Å². The van der Waals surface area contributed by atoms with Crippen LogP contribution in [-0.4, -0.2) is 42.3 Å². The van der Waals surface area contributed by atoms with Crippen LogP contribution in [-0.2, 0) is 11.3 Å². The SMILES string of the molecule is COc1cc(CNC(CCSC)C(=O)O)c(Cl)cc1OC(C)C. The molecule has 1 rings (SSSR count). The van der Waals surface area contributed by atoms with Gasteiger partial charge in [0.1, 0.15) is 6.04 Å². The molecule has 0 bridgehead atoms. The van der Waals surface area contributed by atoms with Crippen LogP contribution >= 0.6 is 23.4 Å². The fraction of sp³-hybridized carbons (Fsp3) is 0.562. The molecular formula is C16H24ClNO4S. The van der Waals surface area contributed by atoms with E-state index in [0.29, 0.717) is 29.5 Å². The van der Waals surface area contributed by atoms with E-state index in [4.69, 9.17) is 21.1 Å². The Morgan fingerprint density at radius 3 is 2.61 bits per heavy atom. The summed E-state index contributed by atoms with van der Waals surface area (Å²) in [6, 6.07) is 2.88. The van der Waals surface area contributed by atoms with E-state index in [1.165, 1.54) is 0 Å². The van der Waals surface area contributed by atoms with E-state index < -0.39 is 12.0 Å². The van der Waals surface area contributed by atoms with Crippen LogP contribution in [0.15, 0.2) is 12.1 Å². The minimum absolute atomic E-state index is 0.00637. The lowest BCUT2D eigenvalue weighted by Crippen LogP contribution is -2.36. The molecule has 7 heteroatoms. The predicted molar refractivity (Wildman–Crippen MR) is 95.0 cm³/mol. The lowest BCUT2D eigenvalue weighted by atomic mass is 10.1. The third-order valence-corrected chi connectivity index (χ3v) is 4.14. The van der Waals surface area contributed by atoms with Crippen molar-refractivity contribution in [2.24, 2.45) is 0 Å². The van der Waals surface area contributed by atoms with Gasteiger partial charge in [0, 0.05) is 17.6 Å². The molecule has 0 aliphatic heterocycles. The van der Waals surface area contributed by atoms with Gasteiger partial charge in [0.2, 0.25) is 0 Å². The topological polar surface area (TPSA) is 67.8 Å². The summed E-state index contributed by atoms with van der Waals surface area (Å²) in [7, 11) is 1.56. The molecule has 23 heavy (non-hydrogen) atoms. The summed E-state index contributed by atoms with van der Waals surface area (Å²) in [6.07, 6.45) is 2.51. The molecule has 0 aliphatic rings. The Balaban J connectivity index is 2.85. The maximum Gasteiger partial charge on any atom is 0.320 e. The number of aliphatic carboxylic acids is 1. The van der Waals surface area contributed by atoms with Gasteiger partial charge < -0.3 is 19.9 Å². The highest BCUT2D eigenvalue weighted by Gasteiger charge is 2.18. The first-order chi connectivity index (χ1) is 10.9. The second-order valence-corrected chi connectivity index (χ2v) is 6.71. The van der Waals surface area contributed by atoms with Crippen LogP contribution in [0.1, 0.15) is 25.8 Å². The first-order valence-corrected chi connectivity index (χ1v) is 9.14. The number of thioether (sulfide) groups is 1. The van der Waals surface area contributed by atoms with Gasteiger partial charge >= 0.3 is 5.97 Å². The third kappa shape index (κ3) is 6.49. The first kappa shape index (κ1) is 19.9. The molecular weight excluding hydrogens is 338 g/mol. The smallest absolute Gasteiger partial charge is 0.320 e. The van der Waals surface area contributed by atoms with Crippen LogP contribution in [0.2, 0.25) is 5.02 Å². The molecule has 5 nitrogen and oxygen atoms in total. The molecule has 0 fully saturated rings. The molecule has 0 radical (unpaired) electrons. The van der Waals surface area contributed by atoms with Gasteiger partial charge in [0.25, 0.3) is 0 Å². The molecule has 0 spiro atoms. The van der Waals surface area contributed by atoms with Crippen LogP contribution in [0.3, 0.4) is 0 Å². The molecule has 1 aromatic carbocycles. The molecule has 0 aromatic heterocycles. The molecule has 2 N–H and O–H groups in total. The van der Waals surface area contributed by atoms with Crippen molar-refractivity contribution in [3.8, 4) is 11.5 Å². The highest BCUT2D eigenvalue weighted by Crippen LogP contribution is 2.34. The van der Waals surface area contributed by atoms with Crippen LogP contribution in [0.25, 0.3) is 0 Å². The van der Waals surface area contributed by atoms with Crippen molar-refractivity contribution in [3.63, 3.8) is 0 Å². The Bertz CT molecular complexity index is 525. The average molecular weight is 362 g/mol. The third-order valence-electron chi connectivity index (χ3n) is 3.14. The molecule has 0 aliphatic carbocycles. The second kappa shape index (κ2) is 9.90. The Morgan fingerprint density at radius 2 is 2.09 bits per heavy atom. The van der Waals surface area contributed by atoms with Gasteiger partial charge in [0.05, 0.1) is 13.2 Å². The van der Waals surface area contributed by atoms with Crippen LogP contribution in [0.4, 0.5) is 0 Å². The number of carboxylic acids is 1. The maximum absolute atomic E-state index is 11.3. The minimum Gasteiger partial charge on any atom is -0.493 e. The summed E-state index contributed by atoms with van der Waals surface area (Å²) in [5, 5.41) is 12.8. The fourth-order valence-electron chi connectivity index (χ4n) is 2.00. The summed E-state index contributed by atoms with van der Waals surface area (Å²) in [5.41, 5.74) is 0.773. The van der Waals surface area contributed by atoms with Gasteiger partial charge in [-0.25, -0.2) is 0 Å². The number of hydrogen-bond acceptors (Lipinski definition) is 5. The number of carbonyl (C=O) groups is 1. The zero-order valence-electron chi connectivity index (χ0n) is 13.9. The van der Waals surface area contributed by atoms with Crippen molar-refractivity contribution in [1.29, 1.82) is 0 Å². The fourth-order valence-corrected chi connectivity index (χ4v) is 2.69. The maximum atomic E-state index is 11.3. The largest absolute Gasteiger partial charge is 0.493 e. The molecule has 0 heterocycles.